The monoisotopic (exact) mass is 168 g/mol. The van der Waals surface area contributed by atoms with Gasteiger partial charge in [-0.25, -0.2) is 0 Å². The molecule has 4 nitrogen and oxygen atoms in total. The SMILES string of the molecule is COC(=O)C1CC(C#N)CN1C. The molecule has 0 spiro atoms. The molecule has 1 aliphatic rings. The minimum atomic E-state index is -0.241. The van der Waals surface area contributed by atoms with Crippen LogP contribution in [0.15, 0.2) is 0 Å². The van der Waals surface area contributed by atoms with Crippen molar-refractivity contribution in [3.8, 4) is 6.07 Å². The Kier molecular flexibility index (Phi) is 2.66. The van der Waals surface area contributed by atoms with E-state index in [0.29, 0.717) is 13.0 Å². The average Bonchev–Trinajstić information content (AvgIpc) is 2.45. The maximum atomic E-state index is 11.1. The maximum Gasteiger partial charge on any atom is 0.323 e. The Morgan fingerprint density at radius 1 is 1.75 bits per heavy atom. The van der Waals surface area contributed by atoms with Crippen molar-refractivity contribution < 1.29 is 9.53 Å². The number of nitrogens with zero attached hydrogens (tertiary/aromatic N) is 2. The molecule has 0 aromatic heterocycles. The lowest BCUT2D eigenvalue weighted by Gasteiger charge is -2.15. The van der Waals surface area contributed by atoms with E-state index < -0.39 is 0 Å². The van der Waals surface area contributed by atoms with Crippen LogP contribution < -0.4 is 0 Å². The fourth-order valence-electron chi connectivity index (χ4n) is 1.50. The first kappa shape index (κ1) is 9.01. The number of carbonyl (C=O) groups is 1. The summed E-state index contributed by atoms with van der Waals surface area (Å²) in [5.74, 6) is -0.269. The first-order valence-corrected chi connectivity index (χ1v) is 3.86. The van der Waals surface area contributed by atoms with E-state index in [-0.39, 0.29) is 17.9 Å². The molecule has 1 aliphatic heterocycles. The Morgan fingerprint density at radius 3 is 2.83 bits per heavy atom. The first-order chi connectivity index (χ1) is 5.69. The molecule has 1 rings (SSSR count). The zero-order valence-electron chi connectivity index (χ0n) is 7.28. The van der Waals surface area contributed by atoms with Gasteiger partial charge < -0.3 is 4.74 Å². The molecule has 0 N–H and O–H groups in total. The molecule has 1 saturated heterocycles. The van der Waals surface area contributed by atoms with Crippen molar-refractivity contribution in [2.75, 3.05) is 20.7 Å². The summed E-state index contributed by atoms with van der Waals surface area (Å²) in [5.41, 5.74) is 0. The number of methoxy groups -OCH3 is 1. The third-order valence-electron chi connectivity index (χ3n) is 2.20. The minimum absolute atomic E-state index is 0.0286. The lowest BCUT2D eigenvalue weighted by atomic mass is 10.1. The van der Waals surface area contributed by atoms with Crippen molar-refractivity contribution in [1.82, 2.24) is 4.90 Å². The quantitative estimate of drug-likeness (QED) is 0.517. The largest absolute Gasteiger partial charge is 0.468 e. The summed E-state index contributed by atoms with van der Waals surface area (Å²) >= 11 is 0. The average molecular weight is 168 g/mol. The van der Waals surface area contributed by atoms with Crippen molar-refractivity contribution in [2.45, 2.75) is 12.5 Å². The number of likely N-dealkylation sites (tertiary alicyclic amines) is 1. The van der Waals surface area contributed by atoms with Gasteiger partial charge in [-0.3, -0.25) is 9.69 Å². The van der Waals surface area contributed by atoms with Crippen LogP contribution in [0.1, 0.15) is 6.42 Å². The van der Waals surface area contributed by atoms with Crippen LogP contribution in [-0.2, 0) is 9.53 Å². The van der Waals surface area contributed by atoms with E-state index in [4.69, 9.17) is 5.26 Å². The second kappa shape index (κ2) is 3.55. The van der Waals surface area contributed by atoms with Crippen molar-refractivity contribution in [3.63, 3.8) is 0 Å². The van der Waals surface area contributed by atoms with Gasteiger partial charge in [0, 0.05) is 6.54 Å². The number of hydrogen-bond donors (Lipinski definition) is 0. The molecule has 66 valence electrons. The highest BCUT2D eigenvalue weighted by atomic mass is 16.5. The van der Waals surface area contributed by atoms with E-state index in [1.54, 1.807) is 0 Å². The molecular formula is C8H12N2O2. The van der Waals surface area contributed by atoms with Gasteiger partial charge in [-0.1, -0.05) is 0 Å². The topological polar surface area (TPSA) is 53.3 Å². The van der Waals surface area contributed by atoms with Crippen LogP contribution in [0, 0.1) is 17.2 Å². The summed E-state index contributed by atoms with van der Waals surface area (Å²) in [4.78, 5) is 13.0. The van der Waals surface area contributed by atoms with E-state index in [9.17, 15) is 4.79 Å². The number of nitriles is 1. The smallest absolute Gasteiger partial charge is 0.323 e. The molecule has 0 bridgehead atoms. The number of esters is 1. The number of rotatable bonds is 1. The Labute approximate surface area is 71.7 Å². The lowest BCUT2D eigenvalue weighted by Crippen LogP contribution is -2.33. The van der Waals surface area contributed by atoms with Crippen LogP contribution in [0.2, 0.25) is 0 Å². The van der Waals surface area contributed by atoms with Crippen LogP contribution >= 0.6 is 0 Å². The van der Waals surface area contributed by atoms with E-state index in [1.807, 2.05) is 11.9 Å². The summed E-state index contributed by atoms with van der Waals surface area (Å²) in [7, 11) is 3.20. The Balaban J connectivity index is 2.58. The molecule has 1 heterocycles. The van der Waals surface area contributed by atoms with Gasteiger partial charge in [0.25, 0.3) is 0 Å². The van der Waals surface area contributed by atoms with Gasteiger partial charge in [-0.2, -0.15) is 5.26 Å². The predicted octanol–water partition coefficient (Wildman–Crippen LogP) is 0.00328. The molecule has 2 unspecified atom stereocenters. The Bertz CT molecular complexity index is 222. The van der Waals surface area contributed by atoms with Crippen molar-refractivity contribution >= 4 is 5.97 Å². The zero-order chi connectivity index (χ0) is 9.14. The minimum Gasteiger partial charge on any atom is -0.468 e. The summed E-state index contributed by atoms with van der Waals surface area (Å²) in [6.07, 6.45) is 0.597. The van der Waals surface area contributed by atoms with Crippen molar-refractivity contribution in [2.24, 2.45) is 5.92 Å². The van der Waals surface area contributed by atoms with Crippen molar-refractivity contribution in [3.05, 3.63) is 0 Å². The molecule has 1 fully saturated rings. The fourth-order valence-corrected chi connectivity index (χ4v) is 1.50. The van der Waals surface area contributed by atoms with Crippen LogP contribution in [0.25, 0.3) is 0 Å². The molecule has 0 aromatic rings. The van der Waals surface area contributed by atoms with Crippen LogP contribution in [0.3, 0.4) is 0 Å². The van der Waals surface area contributed by atoms with Crippen LogP contribution in [0.5, 0.6) is 0 Å². The molecule has 0 aromatic carbocycles. The van der Waals surface area contributed by atoms with E-state index in [1.165, 1.54) is 7.11 Å². The summed E-state index contributed by atoms with van der Waals surface area (Å²) < 4.78 is 4.61. The van der Waals surface area contributed by atoms with Gasteiger partial charge in [0.1, 0.15) is 6.04 Å². The van der Waals surface area contributed by atoms with Crippen LogP contribution in [-0.4, -0.2) is 37.6 Å². The lowest BCUT2D eigenvalue weighted by molar-refractivity contribution is -0.145. The maximum absolute atomic E-state index is 11.1. The summed E-state index contributed by atoms with van der Waals surface area (Å²) in [6.45, 7) is 0.663. The predicted molar refractivity (Wildman–Crippen MR) is 42.2 cm³/mol. The normalized spacial score (nSPS) is 29.8. The zero-order valence-corrected chi connectivity index (χ0v) is 7.28. The molecular weight excluding hydrogens is 156 g/mol. The molecule has 0 saturated carbocycles. The number of hydrogen-bond acceptors (Lipinski definition) is 4. The fraction of sp³-hybridized carbons (Fsp3) is 0.750. The Hall–Kier alpha value is -1.08. The summed E-state index contributed by atoms with van der Waals surface area (Å²) in [5, 5.41) is 8.63. The van der Waals surface area contributed by atoms with E-state index in [2.05, 4.69) is 10.8 Å². The molecule has 0 aliphatic carbocycles. The highest BCUT2D eigenvalue weighted by Gasteiger charge is 2.34. The van der Waals surface area contributed by atoms with Crippen molar-refractivity contribution in [1.29, 1.82) is 5.26 Å². The molecule has 0 amide bonds. The first-order valence-electron chi connectivity index (χ1n) is 3.86. The molecule has 0 radical (unpaired) electrons. The Morgan fingerprint density at radius 2 is 2.42 bits per heavy atom. The molecule has 2 atom stereocenters. The highest BCUT2D eigenvalue weighted by Crippen LogP contribution is 2.21. The molecule has 4 heteroatoms. The second-order valence-electron chi connectivity index (χ2n) is 3.04. The van der Waals surface area contributed by atoms with Gasteiger partial charge in [0.2, 0.25) is 0 Å². The van der Waals surface area contributed by atoms with Gasteiger partial charge in [0.05, 0.1) is 19.1 Å². The van der Waals surface area contributed by atoms with Gasteiger partial charge in [-0.15, -0.1) is 0 Å². The third kappa shape index (κ3) is 1.56. The van der Waals surface area contributed by atoms with Gasteiger partial charge in [-0.05, 0) is 13.5 Å². The molecule has 12 heavy (non-hydrogen) atoms. The number of ether oxygens (including phenoxy) is 1. The van der Waals surface area contributed by atoms with Crippen LogP contribution in [0.4, 0.5) is 0 Å². The van der Waals surface area contributed by atoms with E-state index >= 15 is 0 Å². The van der Waals surface area contributed by atoms with Gasteiger partial charge in [0.15, 0.2) is 0 Å². The summed E-state index contributed by atoms with van der Waals surface area (Å²) in [6, 6.07) is 1.93. The number of likely N-dealkylation sites (N-methyl/N-ethyl adjacent to an activating group) is 1. The van der Waals surface area contributed by atoms with Gasteiger partial charge >= 0.3 is 5.97 Å². The highest BCUT2D eigenvalue weighted by molar-refractivity contribution is 5.76. The van der Waals surface area contributed by atoms with E-state index in [0.717, 1.165) is 0 Å². The second-order valence-corrected chi connectivity index (χ2v) is 3.04. The number of carbonyl (C=O) groups excluding carboxylic acids is 1. The standard InChI is InChI=1S/C8H12N2O2/c1-10-5-6(4-9)3-7(10)8(11)12-2/h6-7H,3,5H2,1-2H3. The third-order valence-corrected chi connectivity index (χ3v) is 2.20.